The molecule has 0 aliphatic heterocycles. The van der Waals surface area contributed by atoms with Gasteiger partial charge < -0.3 is 5.11 Å². The van der Waals surface area contributed by atoms with Gasteiger partial charge in [-0.05, 0) is 58.9 Å². The molecule has 5 rings (SSSR count). The molecule has 0 amide bonds. The number of aromatic nitrogens is 2. The first-order chi connectivity index (χ1) is 23.6. The summed E-state index contributed by atoms with van der Waals surface area (Å²) < 4.78 is 1.70. The Morgan fingerprint density at radius 2 is 1.43 bits per heavy atom. The van der Waals surface area contributed by atoms with E-state index in [4.69, 9.17) is 9.97 Å². The number of carbonyl (C=O) groups excluding carboxylic acids is 1. The standard InChI is InChI=1S/C31H39N2SSi.C13H24O2.Ir/c1-19(2)15-35(16-20(3)4,17-21(5)6)30-27-26-28(32-18-33-29(26)34-30)24-13-22-11-9-10-12-23(22)14-25(24)31(27,7)8;1-5-10(6-2)12(14)9-13(15)11(7-3)8-4;/h9-12,14,18-21H,15-17H2,1-8H3;9-11,14H,5-8H2,1-4H3;/q-1;;/b;12-9-;. The molecule has 0 unspecified atom stereocenters. The van der Waals surface area contributed by atoms with Crippen molar-refractivity contribution in [2.75, 3.05) is 0 Å². The Kier molecular flexibility index (Phi) is 15.5. The number of aliphatic hydroxyl groups is 1. The van der Waals surface area contributed by atoms with E-state index >= 15 is 0 Å². The Morgan fingerprint density at radius 1 is 0.882 bits per heavy atom. The molecule has 4 nitrogen and oxygen atoms in total. The second-order valence-electron chi connectivity index (χ2n) is 16.6. The average Bonchev–Trinajstić information content (AvgIpc) is 3.46. The van der Waals surface area contributed by atoms with Crippen LogP contribution in [-0.4, -0.2) is 28.9 Å². The van der Waals surface area contributed by atoms with Crippen molar-refractivity contribution in [3.63, 3.8) is 0 Å². The van der Waals surface area contributed by atoms with Crippen LogP contribution < -0.4 is 4.50 Å². The molecule has 7 heteroatoms. The van der Waals surface area contributed by atoms with Gasteiger partial charge in [0.05, 0.1) is 5.76 Å². The summed E-state index contributed by atoms with van der Waals surface area (Å²) in [6, 6.07) is 18.8. The molecule has 1 aliphatic rings. The summed E-state index contributed by atoms with van der Waals surface area (Å²) in [6.07, 6.45) is 6.69. The van der Waals surface area contributed by atoms with E-state index in [1.54, 1.807) is 10.8 Å². The molecule has 4 aromatic rings. The smallest absolute Gasteiger partial charge is 0.162 e. The third kappa shape index (κ3) is 9.31. The minimum Gasteiger partial charge on any atom is -0.512 e. The van der Waals surface area contributed by atoms with Gasteiger partial charge in [-0.25, -0.2) is 4.98 Å². The van der Waals surface area contributed by atoms with Crippen molar-refractivity contribution in [1.82, 2.24) is 9.97 Å². The third-order valence-electron chi connectivity index (χ3n) is 10.8. The molecule has 1 aliphatic carbocycles. The molecule has 281 valence electrons. The van der Waals surface area contributed by atoms with E-state index in [1.807, 2.05) is 39.0 Å². The molecule has 0 spiro atoms. The van der Waals surface area contributed by atoms with Gasteiger partial charge in [0, 0.05) is 49.1 Å². The first-order valence-electron chi connectivity index (χ1n) is 19.3. The molecule has 1 N–H and O–H groups in total. The number of rotatable bonds is 14. The zero-order valence-corrected chi connectivity index (χ0v) is 37.6. The van der Waals surface area contributed by atoms with Gasteiger partial charge in [-0.2, -0.15) is 0 Å². The fourth-order valence-corrected chi connectivity index (χ4v) is 18.4. The molecule has 0 fully saturated rings. The van der Waals surface area contributed by atoms with Crippen LogP contribution in [-0.2, 0) is 30.3 Å². The van der Waals surface area contributed by atoms with Gasteiger partial charge in [-0.3, -0.25) is 9.78 Å². The number of nitrogens with zero attached hydrogens (tertiary/aromatic N) is 2. The Hall–Kier alpha value is -2.18. The molecule has 2 aromatic carbocycles. The van der Waals surface area contributed by atoms with Crippen LogP contribution in [0.4, 0.5) is 0 Å². The van der Waals surface area contributed by atoms with Crippen molar-refractivity contribution in [2.45, 2.75) is 132 Å². The summed E-state index contributed by atoms with van der Waals surface area (Å²) >= 11 is 2.01. The quantitative estimate of drug-likeness (QED) is 0.0593. The number of aliphatic hydroxyl groups excluding tert-OH is 1. The molecule has 0 saturated heterocycles. The van der Waals surface area contributed by atoms with Gasteiger partial charge in [0.1, 0.15) is 19.2 Å². The zero-order valence-electron chi connectivity index (χ0n) is 33.4. The monoisotopic (exact) mass is 904 g/mol. The maximum absolute atomic E-state index is 11.7. The molecule has 51 heavy (non-hydrogen) atoms. The fourth-order valence-electron chi connectivity index (χ4n) is 8.73. The number of allylic oxidation sites excluding steroid dienone is 2. The van der Waals surface area contributed by atoms with Gasteiger partial charge in [0.25, 0.3) is 0 Å². The summed E-state index contributed by atoms with van der Waals surface area (Å²) in [5.41, 5.74) is 5.06. The van der Waals surface area contributed by atoms with E-state index < -0.39 is 8.07 Å². The van der Waals surface area contributed by atoms with E-state index in [0.717, 1.165) is 36.8 Å². The first-order valence-corrected chi connectivity index (χ1v) is 22.8. The van der Waals surface area contributed by atoms with Crippen molar-refractivity contribution in [2.24, 2.45) is 29.6 Å². The SMILES string of the molecule is CC(C)C[Si](CC(C)C)(CC(C)C)c1sc2ncnc3c2c1C(C)(C)c1cc2ccccc2[c-]c1-3.CCC(CC)C(=O)/C=C(\O)C(CC)CC.[Ir]. The van der Waals surface area contributed by atoms with E-state index in [1.165, 1.54) is 56.5 Å². The van der Waals surface area contributed by atoms with Crippen LogP contribution in [0.2, 0.25) is 18.1 Å². The van der Waals surface area contributed by atoms with E-state index in [-0.39, 0.29) is 48.9 Å². The van der Waals surface area contributed by atoms with Crippen LogP contribution in [0.15, 0.2) is 48.5 Å². The molecular formula is C44H63IrN2O2SSi-. The van der Waals surface area contributed by atoms with Gasteiger partial charge in [0.15, 0.2) is 5.78 Å². The molecule has 2 aromatic heterocycles. The van der Waals surface area contributed by atoms with Gasteiger partial charge in [-0.15, -0.1) is 34.9 Å². The zero-order chi connectivity index (χ0) is 37.0. The third-order valence-corrected chi connectivity index (χ3v) is 19.3. The van der Waals surface area contributed by atoms with Gasteiger partial charge in [-0.1, -0.05) is 136 Å². The molecule has 0 atom stereocenters. The normalized spacial score (nSPS) is 14.0. The molecule has 0 saturated carbocycles. The molecular weight excluding hydrogens is 841 g/mol. The number of thiophene rings is 1. The van der Waals surface area contributed by atoms with Gasteiger partial charge >= 0.3 is 0 Å². The maximum Gasteiger partial charge on any atom is 0.162 e. The Bertz CT molecular complexity index is 1770. The van der Waals surface area contributed by atoms with Crippen LogP contribution in [0.5, 0.6) is 0 Å². The van der Waals surface area contributed by atoms with Gasteiger partial charge in [0.2, 0.25) is 0 Å². The fraction of sp³-hybridized carbons (Fsp3) is 0.568. The predicted octanol–water partition coefficient (Wildman–Crippen LogP) is 12.4. The Labute approximate surface area is 327 Å². The predicted molar refractivity (Wildman–Crippen MR) is 220 cm³/mol. The van der Waals surface area contributed by atoms with E-state index in [2.05, 4.69) is 91.8 Å². The summed E-state index contributed by atoms with van der Waals surface area (Å²) in [6.45, 7) is 27.5. The summed E-state index contributed by atoms with van der Waals surface area (Å²) in [4.78, 5) is 22.7. The summed E-state index contributed by atoms with van der Waals surface area (Å²) in [5.74, 6) is 2.63. The van der Waals surface area contributed by atoms with Crippen LogP contribution in [0.1, 0.15) is 120 Å². The van der Waals surface area contributed by atoms with Crippen molar-refractivity contribution in [1.29, 1.82) is 0 Å². The minimum absolute atomic E-state index is 0. The van der Waals surface area contributed by atoms with Crippen molar-refractivity contribution in [3.8, 4) is 11.3 Å². The number of ketones is 1. The van der Waals surface area contributed by atoms with Crippen molar-refractivity contribution >= 4 is 50.7 Å². The minimum atomic E-state index is -1.82. The number of carbonyl (C=O) groups is 1. The number of benzene rings is 2. The van der Waals surface area contributed by atoms with E-state index in [9.17, 15) is 9.90 Å². The van der Waals surface area contributed by atoms with Crippen LogP contribution >= 0.6 is 11.3 Å². The first kappa shape index (κ1) is 43.2. The second kappa shape index (κ2) is 18.2. The van der Waals surface area contributed by atoms with E-state index in [0.29, 0.717) is 17.8 Å². The largest absolute Gasteiger partial charge is 0.512 e. The summed E-state index contributed by atoms with van der Waals surface area (Å²) in [5, 5.41) is 13.5. The second-order valence-corrected chi connectivity index (χ2v) is 22.2. The Morgan fingerprint density at radius 3 is 1.96 bits per heavy atom. The average molecular weight is 904 g/mol. The maximum atomic E-state index is 11.7. The molecule has 0 bridgehead atoms. The molecule has 2 heterocycles. The summed E-state index contributed by atoms with van der Waals surface area (Å²) in [7, 11) is -1.82. The van der Waals surface area contributed by atoms with Crippen LogP contribution in [0.25, 0.3) is 32.2 Å². The van der Waals surface area contributed by atoms with Crippen molar-refractivity contribution in [3.05, 3.63) is 65.7 Å². The Balaban J connectivity index is 0.000000374. The topological polar surface area (TPSA) is 63.1 Å². The molecule has 1 radical (unpaired) electrons. The van der Waals surface area contributed by atoms with Crippen LogP contribution in [0.3, 0.4) is 0 Å². The van der Waals surface area contributed by atoms with Crippen molar-refractivity contribution < 1.29 is 30.0 Å². The number of hydrogen-bond acceptors (Lipinski definition) is 5. The number of hydrogen-bond donors (Lipinski definition) is 1. The van der Waals surface area contributed by atoms with Crippen LogP contribution in [0, 0.1) is 35.7 Å². The number of fused-ring (bicyclic) bond motifs is 3.